The smallest absolute Gasteiger partial charge is 0.195 e. The molecule has 3 nitrogen and oxygen atoms in total. The van der Waals surface area contributed by atoms with Crippen LogP contribution >= 0.6 is 23.6 Å². The number of aromatic nitrogens is 1. The Bertz CT molecular complexity index is 663. The van der Waals surface area contributed by atoms with E-state index >= 15 is 0 Å². The van der Waals surface area contributed by atoms with E-state index in [1.807, 2.05) is 5.38 Å². The largest absolute Gasteiger partial charge is 0.358 e. The van der Waals surface area contributed by atoms with Gasteiger partial charge in [0, 0.05) is 24.2 Å². The number of nitrogens with zero attached hydrogens (tertiary/aromatic N) is 2. The van der Waals surface area contributed by atoms with E-state index in [0.717, 1.165) is 11.3 Å². The third-order valence-corrected chi connectivity index (χ3v) is 4.24. The first kappa shape index (κ1) is 13.5. The lowest BCUT2D eigenvalue weighted by Crippen LogP contribution is -2.25. The Morgan fingerprint density at radius 3 is 2.85 bits per heavy atom. The van der Waals surface area contributed by atoms with Crippen LogP contribution in [0.2, 0.25) is 0 Å². The number of rotatable bonds is 3. The highest BCUT2D eigenvalue weighted by molar-refractivity contribution is 7.80. The Hall–Kier alpha value is -1.46. The molecular weight excluding hydrogens is 286 g/mol. The number of hydrogen-bond acceptors (Lipinski definition) is 2. The van der Waals surface area contributed by atoms with Gasteiger partial charge in [-0.15, -0.1) is 11.3 Å². The zero-order valence-corrected chi connectivity index (χ0v) is 13.0. The molecule has 1 fully saturated rings. The molecule has 0 unspecified atom stereocenters. The van der Waals surface area contributed by atoms with Gasteiger partial charge in [-0.3, -0.25) is 0 Å². The van der Waals surface area contributed by atoms with E-state index in [0.29, 0.717) is 11.2 Å². The van der Waals surface area contributed by atoms with Crippen molar-refractivity contribution in [3.05, 3.63) is 51.8 Å². The number of thiazole rings is 1. The van der Waals surface area contributed by atoms with Crippen LogP contribution in [0.4, 0.5) is 0 Å². The van der Waals surface area contributed by atoms with E-state index in [1.165, 1.54) is 24.0 Å². The predicted molar refractivity (Wildman–Crippen MR) is 86.9 cm³/mol. The summed E-state index contributed by atoms with van der Waals surface area (Å²) in [6.07, 6.45) is 4.48. The summed E-state index contributed by atoms with van der Waals surface area (Å²) in [4.78, 5) is 5.46. The highest BCUT2D eigenvalue weighted by atomic mass is 32.1. The van der Waals surface area contributed by atoms with Crippen molar-refractivity contribution in [2.45, 2.75) is 32.4 Å². The van der Waals surface area contributed by atoms with Crippen LogP contribution < -0.4 is 10.1 Å². The summed E-state index contributed by atoms with van der Waals surface area (Å²) < 4.78 is 2.14. The topological polar surface area (TPSA) is 29.3 Å². The van der Waals surface area contributed by atoms with Crippen LogP contribution in [-0.4, -0.2) is 15.7 Å². The van der Waals surface area contributed by atoms with Crippen molar-refractivity contribution in [1.29, 1.82) is 0 Å². The van der Waals surface area contributed by atoms with Crippen molar-refractivity contribution in [3.63, 3.8) is 0 Å². The monoisotopic (exact) mass is 303 g/mol. The Kier molecular flexibility index (Phi) is 3.98. The molecule has 0 radical (unpaired) electrons. The fourth-order valence-electron chi connectivity index (χ4n) is 1.92. The Labute approximate surface area is 128 Å². The third kappa shape index (κ3) is 3.55. The minimum atomic E-state index is 0.553. The first-order valence-corrected chi connectivity index (χ1v) is 8.04. The number of nitrogens with one attached hydrogen (secondary N) is 1. The van der Waals surface area contributed by atoms with E-state index in [-0.39, 0.29) is 0 Å². The highest BCUT2D eigenvalue weighted by Crippen LogP contribution is 2.18. The minimum Gasteiger partial charge on any atom is -0.358 e. The zero-order chi connectivity index (χ0) is 13.9. The van der Waals surface area contributed by atoms with Gasteiger partial charge in [-0.2, -0.15) is 4.99 Å². The molecule has 0 aliphatic heterocycles. The summed E-state index contributed by atoms with van der Waals surface area (Å²) >= 11 is 6.89. The molecule has 1 aliphatic carbocycles. The highest BCUT2D eigenvalue weighted by Gasteiger charge is 2.21. The van der Waals surface area contributed by atoms with Crippen LogP contribution in [0.1, 0.15) is 24.0 Å². The van der Waals surface area contributed by atoms with Crippen molar-refractivity contribution >= 4 is 28.7 Å². The number of aryl methyl sites for hydroxylation is 1. The first-order chi connectivity index (χ1) is 9.70. The predicted octanol–water partition coefficient (Wildman–Crippen LogP) is 2.84. The summed E-state index contributed by atoms with van der Waals surface area (Å²) in [5.74, 6) is 0. The summed E-state index contributed by atoms with van der Waals surface area (Å²) in [5.41, 5.74) is 2.56. The van der Waals surface area contributed by atoms with Crippen LogP contribution in [0.5, 0.6) is 0 Å². The lowest BCUT2D eigenvalue weighted by Gasteiger charge is -2.04. The van der Waals surface area contributed by atoms with E-state index in [2.05, 4.69) is 52.3 Å². The number of thiocarbonyl (C=S) groups is 1. The molecular formula is C15H17N3S2. The molecule has 1 saturated carbocycles. The van der Waals surface area contributed by atoms with Gasteiger partial charge in [0.05, 0.1) is 0 Å². The Balaban J connectivity index is 1.76. The summed E-state index contributed by atoms with van der Waals surface area (Å²) in [6.45, 7) is 2.93. The van der Waals surface area contributed by atoms with Crippen molar-refractivity contribution in [2.75, 3.05) is 0 Å². The summed E-state index contributed by atoms with van der Waals surface area (Å²) in [7, 11) is 0. The molecule has 1 aromatic heterocycles. The Morgan fingerprint density at radius 2 is 2.15 bits per heavy atom. The number of benzene rings is 1. The van der Waals surface area contributed by atoms with Gasteiger partial charge >= 0.3 is 0 Å². The number of hydrogen-bond donors (Lipinski definition) is 1. The molecule has 1 aliphatic rings. The fraction of sp³-hybridized carbons (Fsp3) is 0.333. The molecule has 0 spiro atoms. The maximum atomic E-state index is 5.28. The lowest BCUT2D eigenvalue weighted by molar-refractivity contribution is 0.769. The lowest BCUT2D eigenvalue weighted by atomic mass is 10.1. The van der Waals surface area contributed by atoms with Gasteiger partial charge in [-0.05, 0) is 37.5 Å². The third-order valence-electron chi connectivity index (χ3n) is 3.24. The van der Waals surface area contributed by atoms with E-state index < -0.39 is 0 Å². The van der Waals surface area contributed by atoms with E-state index in [4.69, 9.17) is 12.2 Å². The van der Waals surface area contributed by atoms with Gasteiger partial charge in [0.15, 0.2) is 9.91 Å². The zero-order valence-electron chi connectivity index (χ0n) is 11.4. The van der Waals surface area contributed by atoms with Gasteiger partial charge < -0.3 is 9.88 Å². The van der Waals surface area contributed by atoms with Crippen LogP contribution in [0.3, 0.4) is 0 Å². The van der Waals surface area contributed by atoms with E-state index in [9.17, 15) is 0 Å². The molecule has 0 atom stereocenters. The molecule has 0 bridgehead atoms. The second-order valence-corrected chi connectivity index (χ2v) is 6.39. The molecule has 0 saturated heterocycles. The van der Waals surface area contributed by atoms with Crippen LogP contribution in [0.25, 0.3) is 0 Å². The molecule has 104 valence electrons. The molecule has 2 aromatic rings. The van der Waals surface area contributed by atoms with Crippen molar-refractivity contribution in [3.8, 4) is 0 Å². The van der Waals surface area contributed by atoms with Gasteiger partial charge in [-0.25, -0.2) is 0 Å². The van der Waals surface area contributed by atoms with Gasteiger partial charge in [-0.1, -0.05) is 29.8 Å². The molecule has 3 rings (SSSR count). The average molecular weight is 303 g/mol. The molecule has 20 heavy (non-hydrogen) atoms. The second-order valence-electron chi connectivity index (χ2n) is 5.13. The fourth-order valence-corrected chi connectivity index (χ4v) is 2.96. The normalized spacial score (nSPS) is 15.3. The minimum absolute atomic E-state index is 0.553. The maximum absolute atomic E-state index is 5.28. The molecule has 5 heteroatoms. The van der Waals surface area contributed by atoms with E-state index in [1.54, 1.807) is 11.3 Å². The Morgan fingerprint density at radius 1 is 1.40 bits per heavy atom. The SMILES string of the molecule is Cc1ccc(Cn2ccsc2=NC(=S)NC2CC2)cc1. The second kappa shape index (κ2) is 5.89. The average Bonchev–Trinajstić information content (AvgIpc) is 3.13. The van der Waals surface area contributed by atoms with Crippen LogP contribution in [0, 0.1) is 6.92 Å². The van der Waals surface area contributed by atoms with Crippen molar-refractivity contribution < 1.29 is 0 Å². The van der Waals surface area contributed by atoms with Gasteiger partial charge in [0.1, 0.15) is 0 Å². The van der Waals surface area contributed by atoms with Crippen LogP contribution in [-0.2, 0) is 6.54 Å². The molecule has 0 amide bonds. The standard InChI is InChI=1S/C15H17N3S2/c1-11-2-4-12(5-3-11)10-18-8-9-20-15(18)17-14(19)16-13-6-7-13/h2-5,8-9,13H,6-7,10H2,1H3,(H,16,19). The maximum Gasteiger partial charge on any atom is 0.195 e. The quantitative estimate of drug-likeness (QED) is 0.884. The van der Waals surface area contributed by atoms with Crippen LogP contribution in [0.15, 0.2) is 40.8 Å². The molecule has 1 aromatic carbocycles. The van der Waals surface area contributed by atoms with Gasteiger partial charge in [0.25, 0.3) is 0 Å². The summed E-state index contributed by atoms with van der Waals surface area (Å²) in [6, 6.07) is 9.14. The van der Waals surface area contributed by atoms with Gasteiger partial charge in [0.2, 0.25) is 0 Å². The summed E-state index contributed by atoms with van der Waals surface area (Å²) in [5, 5.41) is 5.90. The molecule has 1 heterocycles. The molecule has 1 N–H and O–H groups in total. The first-order valence-electron chi connectivity index (χ1n) is 6.75. The van der Waals surface area contributed by atoms with Crippen molar-refractivity contribution in [2.24, 2.45) is 4.99 Å². The van der Waals surface area contributed by atoms with Crippen molar-refractivity contribution in [1.82, 2.24) is 9.88 Å².